The van der Waals surface area contributed by atoms with E-state index in [0.29, 0.717) is 6.54 Å². The van der Waals surface area contributed by atoms with E-state index in [9.17, 15) is 0 Å². The van der Waals surface area contributed by atoms with E-state index in [0.717, 1.165) is 29.6 Å². The van der Waals surface area contributed by atoms with Crippen LogP contribution in [0.25, 0.3) is 10.9 Å². The molecule has 0 spiro atoms. The van der Waals surface area contributed by atoms with Gasteiger partial charge in [0.05, 0.1) is 11.2 Å². The van der Waals surface area contributed by atoms with Crippen LogP contribution in [0.15, 0.2) is 30.3 Å². The van der Waals surface area contributed by atoms with Crippen molar-refractivity contribution in [1.82, 2.24) is 4.98 Å². The average Bonchev–Trinajstić information content (AvgIpc) is 2.53. The van der Waals surface area contributed by atoms with Gasteiger partial charge >= 0.3 is 0 Å². The number of hydrogen-bond acceptors (Lipinski definition) is 4. The normalized spacial score (nSPS) is 19.5. The Balaban J connectivity index is 2.04. The molecule has 2 aromatic rings. The van der Waals surface area contributed by atoms with Crippen molar-refractivity contribution in [2.45, 2.75) is 25.1 Å². The number of pyridine rings is 1. The van der Waals surface area contributed by atoms with E-state index in [1.165, 1.54) is 23.2 Å². The summed E-state index contributed by atoms with van der Waals surface area (Å²) in [6, 6.07) is 10.5. The molecule has 1 aliphatic heterocycles. The standard InChI is InChI=1S/C16H21N3S/c1-2-13-11-19(7-8-20-13)16-9-12(10-17)18-15-6-4-3-5-14(15)16/h3-6,9,13H,2,7-8,10-11,17H2,1H3. The van der Waals surface area contributed by atoms with Crippen molar-refractivity contribution in [3.63, 3.8) is 0 Å². The Bertz CT molecular complexity index is 599. The molecule has 2 N–H and O–H groups in total. The Hall–Kier alpha value is -1.26. The first-order valence-electron chi connectivity index (χ1n) is 7.27. The number of thioether (sulfide) groups is 1. The third-order valence-corrected chi connectivity index (χ3v) is 5.26. The van der Waals surface area contributed by atoms with Crippen molar-refractivity contribution in [2.75, 3.05) is 23.7 Å². The van der Waals surface area contributed by atoms with E-state index in [2.05, 4.69) is 52.8 Å². The van der Waals surface area contributed by atoms with Gasteiger partial charge in [-0.3, -0.25) is 4.98 Å². The first-order chi connectivity index (χ1) is 9.81. The van der Waals surface area contributed by atoms with E-state index in [1.54, 1.807) is 0 Å². The quantitative estimate of drug-likeness (QED) is 0.942. The van der Waals surface area contributed by atoms with Crippen LogP contribution in [0.2, 0.25) is 0 Å². The lowest BCUT2D eigenvalue weighted by Gasteiger charge is -2.34. The van der Waals surface area contributed by atoms with Gasteiger partial charge in [0.1, 0.15) is 0 Å². The van der Waals surface area contributed by atoms with Crippen LogP contribution in [-0.2, 0) is 6.54 Å². The number of anilines is 1. The average molecular weight is 287 g/mol. The van der Waals surface area contributed by atoms with E-state index in [4.69, 9.17) is 5.73 Å². The molecule has 1 fully saturated rings. The summed E-state index contributed by atoms with van der Waals surface area (Å²) >= 11 is 2.09. The molecule has 1 aromatic carbocycles. The van der Waals surface area contributed by atoms with Gasteiger partial charge in [0.25, 0.3) is 0 Å². The monoisotopic (exact) mass is 287 g/mol. The maximum atomic E-state index is 5.81. The second kappa shape index (κ2) is 6.02. The summed E-state index contributed by atoms with van der Waals surface area (Å²) in [6.45, 7) is 5.01. The lowest BCUT2D eigenvalue weighted by Crippen LogP contribution is -2.37. The highest BCUT2D eigenvalue weighted by molar-refractivity contribution is 8.00. The molecule has 1 aliphatic rings. The molecule has 3 rings (SSSR count). The molecule has 1 aromatic heterocycles. The molecule has 0 saturated carbocycles. The van der Waals surface area contributed by atoms with Gasteiger partial charge in [-0.05, 0) is 18.6 Å². The van der Waals surface area contributed by atoms with Crippen LogP contribution in [0.4, 0.5) is 5.69 Å². The molecule has 0 bridgehead atoms. The maximum absolute atomic E-state index is 5.81. The smallest absolute Gasteiger partial charge is 0.0726 e. The Morgan fingerprint density at radius 3 is 3.05 bits per heavy atom. The van der Waals surface area contributed by atoms with E-state index >= 15 is 0 Å². The number of nitrogens with zero attached hydrogens (tertiary/aromatic N) is 2. The second-order valence-electron chi connectivity index (χ2n) is 5.20. The molecular formula is C16H21N3S. The minimum atomic E-state index is 0.498. The summed E-state index contributed by atoms with van der Waals surface area (Å²) in [4.78, 5) is 7.14. The summed E-state index contributed by atoms with van der Waals surface area (Å²) in [7, 11) is 0. The second-order valence-corrected chi connectivity index (χ2v) is 6.61. The van der Waals surface area contributed by atoms with Crippen LogP contribution in [0.1, 0.15) is 19.0 Å². The highest BCUT2D eigenvalue weighted by Gasteiger charge is 2.21. The van der Waals surface area contributed by atoms with Gasteiger partial charge in [-0.15, -0.1) is 0 Å². The van der Waals surface area contributed by atoms with Crippen LogP contribution in [-0.4, -0.2) is 29.1 Å². The van der Waals surface area contributed by atoms with Crippen LogP contribution in [0, 0.1) is 0 Å². The minimum Gasteiger partial charge on any atom is -0.369 e. The van der Waals surface area contributed by atoms with Crippen molar-refractivity contribution in [2.24, 2.45) is 5.73 Å². The van der Waals surface area contributed by atoms with Crippen LogP contribution < -0.4 is 10.6 Å². The Labute approximate surface area is 124 Å². The maximum Gasteiger partial charge on any atom is 0.0726 e. The van der Waals surface area contributed by atoms with Gasteiger partial charge in [-0.25, -0.2) is 0 Å². The predicted octanol–water partition coefficient (Wildman–Crippen LogP) is 3.03. The zero-order valence-corrected chi connectivity index (χ0v) is 12.7. The third-order valence-electron chi connectivity index (χ3n) is 3.89. The molecule has 3 nitrogen and oxygen atoms in total. The van der Waals surface area contributed by atoms with Crippen molar-refractivity contribution in [3.05, 3.63) is 36.0 Å². The zero-order chi connectivity index (χ0) is 13.9. The predicted molar refractivity (Wildman–Crippen MR) is 88.4 cm³/mol. The first kappa shape index (κ1) is 13.7. The Kier molecular flexibility index (Phi) is 4.13. The fourth-order valence-electron chi connectivity index (χ4n) is 2.76. The molecule has 2 heterocycles. The van der Waals surface area contributed by atoms with E-state index in [1.807, 2.05) is 6.07 Å². The molecule has 4 heteroatoms. The van der Waals surface area contributed by atoms with Crippen molar-refractivity contribution in [3.8, 4) is 0 Å². The van der Waals surface area contributed by atoms with Gasteiger partial charge < -0.3 is 10.6 Å². The largest absolute Gasteiger partial charge is 0.369 e. The summed E-state index contributed by atoms with van der Waals surface area (Å²) in [5.74, 6) is 1.20. The third kappa shape index (κ3) is 2.63. The zero-order valence-electron chi connectivity index (χ0n) is 11.9. The van der Waals surface area contributed by atoms with Crippen molar-refractivity contribution >= 4 is 28.4 Å². The number of benzene rings is 1. The molecule has 0 radical (unpaired) electrons. The molecule has 1 unspecified atom stereocenters. The number of hydrogen-bond donors (Lipinski definition) is 1. The highest BCUT2D eigenvalue weighted by Crippen LogP contribution is 2.31. The van der Waals surface area contributed by atoms with Gasteiger partial charge in [-0.1, -0.05) is 25.1 Å². The van der Waals surface area contributed by atoms with Crippen LogP contribution >= 0.6 is 11.8 Å². The number of nitrogens with two attached hydrogens (primary N) is 1. The van der Waals surface area contributed by atoms with Crippen molar-refractivity contribution in [1.29, 1.82) is 0 Å². The molecule has 1 saturated heterocycles. The Morgan fingerprint density at radius 1 is 1.40 bits per heavy atom. The molecule has 0 amide bonds. The first-order valence-corrected chi connectivity index (χ1v) is 8.32. The highest BCUT2D eigenvalue weighted by atomic mass is 32.2. The lowest BCUT2D eigenvalue weighted by atomic mass is 10.1. The molecule has 106 valence electrons. The topological polar surface area (TPSA) is 42.1 Å². The number of rotatable bonds is 3. The molecular weight excluding hydrogens is 266 g/mol. The molecule has 0 aliphatic carbocycles. The van der Waals surface area contributed by atoms with Crippen LogP contribution in [0.5, 0.6) is 0 Å². The summed E-state index contributed by atoms with van der Waals surface area (Å²) < 4.78 is 0. The molecule has 20 heavy (non-hydrogen) atoms. The summed E-state index contributed by atoms with van der Waals surface area (Å²) in [5, 5.41) is 1.98. The van der Waals surface area contributed by atoms with Gasteiger partial charge in [-0.2, -0.15) is 11.8 Å². The minimum absolute atomic E-state index is 0.498. The number of aromatic nitrogens is 1. The number of para-hydroxylation sites is 1. The van der Waals surface area contributed by atoms with Gasteiger partial charge in [0.2, 0.25) is 0 Å². The van der Waals surface area contributed by atoms with E-state index < -0.39 is 0 Å². The molecule has 1 atom stereocenters. The van der Waals surface area contributed by atoms with Gasteiger partial charge in [0, 0.05) is 41.7 Å². The Morgan fingerprint density at radius 2 is 2.25 bits per heavy atom. The van der Waals surface area contributed by atoms with E-state index in [-0.39, 0.29) is 0 Å². The lowest BCUT2D eigenvalue weighted by molar-refractivity contribution is 0.729. The SMILES string of the molecule is CCC1CN(c2cc(CN)nc3ccccc23)CCS1. The summed E-state index contributed by atoms with van der Waals surface area (Å²) in [5.41, 5.74) is 9.14. The van der Waals surface area contributed by atoms with Gasteiger partial charge in [0.15, 0.2) is 0 Å². The number of fused-ring (bicyclic) bond motifs is 1. The fourth-order valence-corrected chi connectivity index (χ4v) is 3.94. The summed E-state index contributed by atoms with van der Waals surface area (Å²) in [6.07, 6.45) is 1.23. The van der Waals surface area contributed by atoms with Crippen molar-refractivity contribution < 1.29 is 0 Å². The van der Waals surface area contributed by atoms with Crippen LogP contribution in [0.3, 0.4) is 0 Å². The fraction of sp³-hybridized carbons (Fsp3) is 0.438.